The number of hydrogen-bond acceptors (Lipinski definition) is 2. The quantitative estimate of drug-likeness (QED) is 0.744. The molecule has 1 saturated carbocycles. The van der Waals surface area contributed by atoms with E-state index in [1.165, 1.54) is 24.8 Å². The molecular weight excluding hydrogens is 360 g/mol. The second-order valence-corrected chi connectivity index (χ2v) is 8.27. The van der Waals surface area contributed by atoms with Crippen LogP contribution in [0.3, 0.4) is 0 Å². The van der Waals surface area contributed by atoms with E-state index in [1.807, 2.05) is 47.4 Å². The zero-order chi connectivity index (χ0) is 20.1. The van der Waals surface area contributed by atoms with E-state index in [1.54, 1.807) is 0 Å². The van der Waals surface area contributed by atoms with Crippen LogP contribution < -0.4 is 10.2 Å². The third-order valence-electron chi connectivity index (χ3n) is 6.25. The van der Waals surface area contributed by atoms with Crippen LogP contribution in [0.4, 0.5) is 11.4 Å². The molecule has 0 spiro atoms. The number of carbonyl (C=O) groups excluding carboxylic acids is 2. The monoisotopic (exact) mass is 390 g/mol. The van der Waals surface area contributed by atoms with Crippen LogP contribution >= 0.6 is 0 Å². The lowest BCUT2D eigenvalue weighted by Crippen LogP contribution is -2.36. The van der Waals surface area contributed by atoms with Gasteiger partial charge in [-0.1, -0.05) is 62.4 Å². The highest BCUT2D eigenvalue weighted by molar-refractivity contribution is 6.12. The maximum Gasteiger partial charge on any atom is 0.260 e. The Hall–Kier alpha value is -2.62. The number of nitrogens with one attached hydrogen (secondary N) is 1. The summed E-state index contributed by atoms with van der Waals surface area (Å²) in [7, 11) is 0. The summed E-state index contributed by atoms with van der Waals surface area (Å²) >= 11 is 0. The van der Waals surface area contributed by atoms with Gasteiger partial charge in [-0.25, -0.2) is 0 Å². The molecule has 4 rings (SSSR count). The van der Waals surface area contributed by atoms with E-state index in [9.17, 15) is 9.59 Å². The molecule has 1 N–H and O–H groups in total. The molecule has 0 aromatic heterocycles. The molecule has 1 fully saturated rings. The predicted octanol–water partition coefficient (Wildman–Crippen LogP) is 5.58. The van der Waals surface area contributed by atoms with Crippen molar-refractivity contribution < 1.29 is 9.59 Å². The Bertz CT molecular complexity index is 869. The largest absolute Gasteiger partial charge is 0.325 e. The molecule has 152 valence electrons. The normalized spacial score (nSPS) is 17.7. The Balaban J connectivity index is 1.54. The maximum atomic E-state index is 13.4. The molecule has 0 atom stereocenters. The SMILES string of the molecule is O=C(Nc1ccccc1C(=O)N1CCCc2ccccc21)C1CCCCCCC1. The van der Waals surface area contributed by atoms with E-state index in [-0.39, 0.29) is 17.7 Å². The van der Waals surface area contributed by atoms with Crippen LogP contribution in [0.1, 0.15) is 67.3 Å². The fourth-order valence-corrected chi connectivity index (χ4v) is 4.62. The molecular formula is C25H30N2O2. The summed E-state index contributed by atoms with van der Waals surface area (Å²) in [4.78, 5) is 28.2. The van der Waals surface area contributed by atoms with E-state index >= 15 is 0 Å². The first-order valence-electron chi connectivity index (χ1n) is 11.0. The minimum Gasteiger partial charge on any atom is -0.325 e. The smallest absolute Gasteiger partial charge is 0.260 e. The lowest BCUT2D eigenvalue weighted by Gasteiger charge is -2.30. The van der Waals surface area contributed by atoms with Crippen LogP contribution in [0.2, 0.25) is 0 Å². The van der Waals surface area contributed by atoms with Gasteiger partial charge < -0.3 is 10.2 Å². The second-order valence-electron chi connectivity index (χ2n) is 8.27. The van der Waals surface area contributed by atoms with E-state index < -0.39 is 0 Å². The van der Waals surface area contributed by atoms with Gasteiger partial charge in [0, 0.05) is 18.2 Å². The molecule has 0 unspecified atom stereocenters. The number of nitrogens with zero attached hydrogens (tertiary/aromatic N) is 1. The van der Waals surface area contributed by atoms with Crippen molar-refractivity contribution in [3.63, 3.8) is 0 Å². The van der Waals surface area contributed by atoms with Gasteiger partial charge in [0.05, 0.1) is 11.3 Å². The Labute approximate surface area is 173 Å². The average Bonchev–Trinajstić information content (AvgIpc) is 2.73. The van der Waals surface area contributed by atoms with Crippen LogP contribution in [0, 0.1) is 5.92 Å². The highest BCUT2D eigenvalue weighted by Gasteiger charge is 2.26. The number of anilines is 2. The lowest BCUT2D eigenvalue weighted by atomic mass is 9.90. The molecule has 0 radical (unpaired) electrons. The highest BCUT2D eigenvalue weighted by Crippen LogP contribution is 2.30. The van der Waals surface area contributed by atoms with Crippen molar-refractivity contribution in [3.05, 3.63) is 59.7 Å². The van der Waals surface area contributed by atoms with Crippen molar-refractivity contribution in [2.24, 2.45) is 5.92 Å². The van der Waals surface area contributed by atoms with Crippen LogP contribution in [0.5, 0.6) is 0 Å². The third kappa shape index (κ3) is 4.52. The van der Waals surface area contributed by atoms with Crippen LogP contribution in [-0.2, 0) is 11.2 Å². The number of carbonyl (C=O) groups is 2. The minimum atomic E-state index is -0.0364. The topological polar surface area (TPSA) is 49.4 Å². The number of benzene rings is 2. The summed E-state index contributed by atoms with van der Waals surface area (Å²) in [6.45, 7) is 0.709. The van der Waals surface area contributed by atoms with Gasteiger partial charge in [-0.3, -0.25) is 9.59 Å². The van der Waals surface area contributed by atoms with E-state index in [2.05, 4.69) is 11.4 Å². The highest BCUT2D eigenvalue weighted by atomic mass is 16.2. The second kappa shape index (κ2) is 9.25. The van der Waals surface area contributed by atoms with Gasteiger partial charge in [-0.05, 0) is 49.4 Å². The molecule has 29 heavy (non-hydrogen) atoms. The molecule has 1 aliphatic heterocycles. The number of hydrogen-bond donors (Lipinski definition) is 1. The molecule has 2 aromatic carbocycles. The number of rotatable bonds is 3. The summed E-state index contributed by atoms with van der Waals surface area (Å²) in [6, 6.07) is 15.5. The Morgan fingerprint density at radius 3 is 2.34 bits per heavy atom. The summed E-state index contributed by atoms with van der Waals surface area (Å²) in [5.41, 5.74) is 3.41. The Morgan fingerprint density at radius 2 is 1.52 bits per heavy atom. The first-order valence-corrected chi connectivity index (χ1v) is 11.0. The minimum absolute atomic E-state index is 0.0364. The average molecular weight is 391 g/mol. The summed E-state index contributed by atoms with van der Waals surface area (Å²) in [5, 5.41) is 3.09. The van der Waals surface area contributed by atoms with Crippen molar-refractivity contribution in [1.29, 1.82) is 0 Å². The Kier molecular flexibility index (Phi) is 6.28. The lowest BCUT2D eigenvalue weighted by molar-refractivity contribution is -0.120. The van der Waals surface area contributed by atoms with E-state index in [0.29, 0.717) is 17.8 Å². The first kappa shape index (κ1) is 19.7. The summed E-state index contributed by atoms with van der Waals surface area (Å²) in [6.07, 6.45) is 9.79. The molecule has 4 nitrogen and oxygen atoms in total. The summed E-state index contributed by atoms with van der Waals surface area (Å²) in [5.74, 6) is 0.0751. The fourth-order valence-electron chi connectivity index (χ4n) is 4.62. The van der Waals surface area contributed by atoms with Gasteiger partial charge in [0.25, 0.3) is 5.91 Å². The molecule has 1 aliphatic carbocycles. The molecule has 1 heterocycles. The molecule has 4 heteroatoms. The fraction of sp³-hybridized carbons (Fsp3) is 0.440. The Morgan fingerprint density at radius 1 is 0.828 bits per heavy atom. The molecule has 2 amide bonds. The van der Waals surface area contributed by atoms with Crippen molar-refractivity contribution >= 4 is 23.2 Å². The first-order chi connectivity index (χ1) is 14.2. The molecule has 2 aromatic rings. The zero-order valence-corrected chi connectivity index (χ0v) is 17.0. The van der Waals surface area contributed by atoms with E-state index in [4.69, 9.17) is 0 Å². The van der Waals surface area contributed by atoms with Crippen molar-refractivity contribution in [2.75, 3.05) is 16.8 Å². The number of aryl methyl sites for hydroxylation is 1. The predicted molar refractivity (Wildman–Crippen MR) is 117 cm³/mol. The maximum absolute atomic E-state index is 13.4. The van der Waals surface area contributed by atoms with Crippen molar-refractivity contribution in [2.45, 2.75) is 57.8 Å². The third-order valence-corrected chi connectivity index (χ3v) is 6.25. The number of amides is 2. The number of fused-ring (bicyclic) bond motifs is 1. The van der Waals surface area contributed by atoms with Crippen LogP contribution in [-0.4, -0.2) is 18.4 Å². The molecule has 0 bridgehead atoms. The van der Waals surface area contributed by atoms with Gasteiger partial charge >= 0.3 is 0 Å². The zero-order valence-electron chi connectivity index (χ0n) is 17.0. The van der Waals surface area contributed by atoms with E-state index in [0.717, 1.165) is 44.2 Å². The van der Waals surface area contributed by atoms with Crippen molar-refractivity contribution in [1.82, 2.24) is 0 Å². The van der Waals surface area contributed by atoms with Gasteiger partial charge in [0.1, 0.15) is 0 Å². The number of para-hydroxylation sites is 2. The van der Waals surface area contributed by atoms with Gasteiger partial charge in [0.2, 0.25) is 5.91 Å². The van der Waals surface area contributed by atoms with Gasteiger partial charge in [-0.2, -0.15) is 0 Å². The standard InChI is InChI=1S/C25H30N2O2/c28-24(20-12-4-2-1-3-5-13-20)26-22-16-8-7-15-21(22)25(29)27-18-10-14-19-11-6-9-17-23(19)27/h6-9,11,15-17,20H,1-5,10,12-14,18H2,(H,26,28). The van der Waals surface area contributed by atoms with Crippen LogP contribution in [0.25, 0.3) is 0 Å². The van der Waals surface area contributed by atoms with Crippen molar-refractivity contribution in [3.8, 4) is 0 Å². The molecule has 2 aliphatic rings. The summed E-state index contributed by atoms with van der Waals surface area (Å²) < 4.78 is 0. The van der Waals surface area contributed by atoms with Crippen LogP contribution in [0.15, 0.2) is 48.5 Å². The van der Waals surface area contributed by atoms with Gasteiger partial charge in [-0.15, -0.1) is 0 Å². The van der Waals surface area contributed by atoms with Gasteiger partial charge in [0.15, 0.2) is 0 Å². The molecule has 0 saturated heterocycles.